The Hall–Kier alpha value is -2.36. The molecule has 1 amide bonds. The van der Waals surface area contributed by atoms with E-state index in [2.05, 4.69) is 5.32 Å². The summed E-state index contributed by atoms with van der Waals surface area (Å²) in [7, 11) is 0. The van der Waals surface area contributed by atoms with Crippen LogP contribution in [-0.4, -0.2) is 12.0 Å². The first-order valence-corrected chi connectivity index (χ1v) is 7.45. The van der Waals surface area contributed by atoms with Crippen LogP contribution in [0.3, 0.4) is 0 Å². The van der Waals surface area contributed by atoms with Crippen LogP contribution in [0.4, 0.5) is 10.1 Å². The topological polar surface area (TPSA) is 38.3 Å². The van der Waals surface area contributed by atoms with Gasteiger partial charge in [-0.25, -0.2) is 4.39 Å². The molecule has 1 atom stereocenters. The average Bonchev–Trinajstić information content (AvgIpc) is 2.54. The summed E-state index contributed by atoms with van der Waals surface area (Å²) in [6, 6.07) is 13.7. The highest BCUT2D eigenvalue weighted by Gasteiger charge is 2.20. The molecule has 1 N–H and O–H groups in total. The first-order valence-electron chi connectivity index (χ1n) is 7.45. The Kier molecular flexibility index (Phi) is 5.53. The van der Waals surface area contributed by atoms with Crippen LogP contribution >= 0.6 is 0 Å². The first kappa shape index (κ1) is 16.0. The fourth-order valence-electron chi connectivity index (χ4n) is 2.18. The lowest BCUT2D eigenvalue weighted by Gasteiger charge is -2.18. The molecule has 22 heavy (non-hydrogen) atoms. The third kappa shape index (κ3) is 3.85. The van der Waals surface area contributed by atoms with E-state index < -0.39 is 11.9 Å². The van der Waals surface area contributed by atoms with Gasteiger partial charge in [-0.05, 0) is 36.6 Å². The summed E-state index contributed by atoms with van der Waals surface area (Å²) in [5.41, 5.74) is 1.82. The predicted octanol–water partition coefficient (Wildman–Crippen LogP) is 4.18. The maximum atomic E-state index is 13.6. The van der Waals surface area contributed by atoms with Gasteiger partial charge in [0.15, 0.2) is 17.7 Å². The van der Waals surface area contributed by atoms with Crippen molar-refractivity contribution in [2.45, 2.75) is 32.8 Å². The lowest BCUT2D eigenvalue weighted by molar-refractivity contribution is -0.122. The molecule has 0 aliphatic heterocycles. The minimum absolute atomic E-state index is 0.0910. The number of carbonyl (C=O) groups is 1. The second-order valence-corrected chi connectivity index (χ2v) is 4.95. The van der Waals surface area contributed by atoms with Crippen LogP contribution in [0.5, 0.6) is 5.75 Å². The molecule has 4 heteroatoms. The molecule has 0 radical (unpaired) electrons. The fourth-order valence-corrected chi connectivity index (χ4v) is 2.18. The van der Waals surface area contributed by atoms with Gasteiger partial charge in [0.1, 0.15) is 0 Å². The number of rotatable bonds is 6. The van der Waals surface area contributed by atoms with Crippen molar-refractivity contribution in [3.63, 3.8) is 0 Å². The number of hydrogen-bond donors (Lipinski definition) is 1. The van der Waals surface area contributed by atoms with Crippen LogP contribution < -0.4 is 10.1 Å². The Balaban J connectivity index is 2.11. The Labute approximate surface area is 130 Å². The van der Waals surface area contributed by atoms with Gasteiger partial charge in [0.25, 0.3) is 5.91 Å². The van der Waals surface area contributed by atoms with E-state index in [4.69, 9.17) is 4.74 Å². The maximum Gasteiger partial charge on any atom is 0.265 e. The van der Waals surface area contributed by atoms with E-state index in [0.29, 0.717) is 6.42 Å². The predicted molar refractivity (Wildman–Crippen MR) is 85.6 cm³/mol. The van der Waals surface area contributed by atoms with E-state index in [1.807, 2.05) is 38.1 Å². The molecule has 2 aromatic rings. The molecule has 0 heterocycles. The van der Waals surface area contributed by atoms with Crippen LogP contribution in [0.1, 0.15) is 25.8 Å². The van der Waals surface area contributed by atoms with E-state index in [1.54, 1.807) is 12.1 Å². The molecular weight excluding hydrogens is 281 g/mol. The number of para-hydroxylation sites is 2. The molecule has 0 aromatic heterocycles. The van der Waals surface area contributed by atoms with Gasteiger partial charge >= 0.3 is 0 Å². The molecule has 0 spiro atoms. The second-order valence-electron chi connectivity index (χ2n) is 4.95. The van der Waals surface area contributed by atoms with Crippen molar-refractivity contribution < 1.29 is 13.9 Å². The number of ether oxygens (including phenoxy) is 1. The van der Waals surface area contributed by atoms with Gasteiger partial charge < -0.3 is 10.1 Å². The monoisotopic (exact) mass is 301 g/mol. The number of halogens is 1. The highest BCUT2D eigenvalue weighted by Crippen LogP contribution is 2.20. The number of anilines is 1. The molecule has 0 unspecified atom stereocenters. The zero-order valence-corrected chi connectivity index (χ0v) is 12.8. The van der Waals surface area contributed by atoms with Gasteiger partial charge in [0.2, 0.25) is 0 Å². The lowest BCUT2D eigenvalue weighted by atomic mass is 10.1. The number of aryl methyl sites for hydroxylation is 1. The number of nitrogens with one attached hydrogen (secondary N) is 1. The molecule has 2 rings (SSSR count). The quantitative estimate of drug-likeness (QED) is 0.869. The normalized spacial score (nSPS) is 11.8. The molecule has 0 aliphatic carbocycles. The van der Waals surface area contributed by atoms with E-state index in [9.17, 15) is 9.18 Å². The zero-order valence-electron chi connectivity index (χ0n) is 12.8. The summed E-state index contributed by atoms with van der Waals surface area (Å²) < 4.78 is 19.2. The van der Waals surface area contributed by atoms with Gasteiger partial charge in [0.05, 0.1) is 0 Å². The largest absolute Gasteiger partial charge is 0.478 e. The van der Waals surface area contributed by atoms with E-state index in [-0.39, 0.29) is 11.7 Å². The lowest BCUT2D eigenvalue weighted by Crippen LogP contribution is -2.32. The van der Waals surface area contributed by atoms with Crippen molar-refractivity contribution in [2.75, 3.05) is 5.32 Å². The average molecular weight is 301 g/mol. The molecule has 0 saturated carbocycles. The Morgan fingerprint density at radius 1 is 1.14 bits per heavy atom. The van der Waals surface area contributed by atoms with Crippen LogP contribution in [0.15, 0.2) is 48.5 Å². The van der Waals surface area contributed by atoms with Crippen molar-refractivity contribution in [2.24, 2.45) is 0 Å². The number of amides is 1. The molecule has 2 aromatic carbocycles. The molecule has 0 bridgehead atoms. The van der Waals surface area contributed by atoms with Crippen molar-refractivity contribution >= 4 is 11.6 Å². The highest BCUT2D eigenvalue weighted by molar-refractivity contribution is 5.95. The van der Waals surface area contributed by atoms with Gasteiger partial charge in [-0.1, -0.05) is 44.2 Å². The minimum atomic E-state index is -0.734. The maximum absolute atomic E-state index is 13.6. The number of hydrogen-bond acceptors (Lipinski definition) is 2. The van der Waals surface area contributed by atoms with Crippen molar-refractivity contribution in [1.29, 1.82) is 0 Å². The molecular formula is C18H20FNO2. The summed E-state index contributed by atoms with van der Waals surface area (Å²) in [6.07, 6.45) is 0.539. The van der Waals surface area contributed by atoms with Crippen molar-refractivity contribution in [1.82, 2.24) is 0 Å². The van der Waals surface area contributed by atoms with Gasteiger partial charge in [0, 0.05) is 5.69 Å². The summed E-state index contributed by atoms with van der Waals surface area (Å²) in [6.45, 7) is 3.86. The fraction of sp³-hybridized carbons (Fsp3) is 0.278. The number of benzene rings is 2. The second kappa shape index (κ2) is 7.59. The summed E-state index contributed by atoms with van der Waals surface area (Å²) in [5.74, 6) is -0.650. The Morgan fingerprint density at radius 3 is 2.50 bits per heavy atom. The van der Waals surface area contributed by atoms with Crippen molar-refractivity contribution in [3.05, 3.63) is 59.9 Å². The Morgan fingerprint density at radius 2 is 1.82 bits per heavy atom. The molecule has 0 aliphatic rings. The molecule has 116 valence electrons. The van der Waals surface area contributed by atoms with E-state index in [0.717, 1.165) is 17.7 Å². The van der Waals surface area contributed by atoms with E-state index >= 15 is 0 Å². The highest BCUT2D eigenvalue weighted by atomic mass is 19.1. The van der Waals surface area contributed by atoms with Crippen LogP contribution in [0, 0.1) is 5.82 Å². The molecule has 0 saturated heterocycles. The van der Waals surface area contributed by atoms with Gasteiger partial charge in [-0.3, -0.25) is 4.79 Å². The van der Waals surface area contributed by atoms with Crippen LogP contribution in [0.2, 0.25) is 0 Å². The standard InChI is InChI=1S/C18H20FNO2/c1-3-13-9-5-7-11-15(13)20-18(21)16(4-2)22-17-12-8-6-10-14(17)19/h5-12,16H,3-4H2,1-2H3,(H,20,21)/t16-/m1/s1. The minimum Gasteiger partial charge on any atom is -0.478 e. The van der Waals surface area contributed by atoms with Gasteiger partial charge in [-0.15, -0.1) is 0 Å². The van der Waals surface area contributed by atoms with E-state index in [1.165, 1.54) is 12.1 Å². The van der Waals surface area contributed by atoms with Crippen molar-refractivity contribution in [3.8, 4) is 5.75 Å². The van der Waals surface area contributed by atoms with Crippen LogP contribution in [-0.2, 0) is 11.2 Å². The smallest absolute Gasteiger partial charge is 0.265 e. The number of carbonyl (C=O) groups excluding carboxylic acids is 1. The summed E-state index contributed by atoms with van der Waals surface area (Å²) in [4.78, 5) is 12.4. The third-order valence-corrected chi connectivity index (χ3v) is 3.43. The third-order valence-electron chi connectivity index (χ3n) is 3.43. The summed E-state index contributed by atoms with van der Waals surface area (Å²) >= 11 is 0. The zero-order chi connectivity index (χ0) is 15.9. The molecule has 0 fully saturated rings. The molecule has 3 nitrogen and oxygen atoms in total. The first-order chi connectivity index (χ1) is 10.7. The van der Waals surface area contributed by atoms with Gasteiger partial charge in [-0.2, -0.15) is 0 Å². The Bertz CT molecular complexity index is 642. The SMILES string of the molecule is CCc1ccccc1NC(=O)[C@@H](CC)Oc1ccccc1F. The summed E-state index contributed by atoms with van der Waals surface area (Å²) in [5, 5.41) is 2.87. The van der Waals surface area contributed by atoms with Crippen LogP contribution in [0.25, 0.3) is 0 Å².